The number of carbonyl (C=O) groups is 4. The zero-order valence-corrected chi connectivity index (χ0v) is 32.3. The first-order chi connectivity index (χ1) is 29.2. The van der Waals surface area contributed by atoms with E-state index in [4.69, 9.17) is 9.97 Å². The number of carboxylic acid groups (broad SMARTS) is 2. The van der Waals surface area contributed by atoms with Crippen molar-refractivity contribution in [2.45, 2.75) is 61.9 Å². The zero-order chi connectivity index (χ0) is 41.1. The summed E-state index contributed by atoms with van der Waals surface area (Å²) < 4.78 is 0. The number of nitrogens with one attached hydrogen (secondary N) is 4. The Morgan fingerprint density at radius 1 is 0.533 bits per heavy atom. The van der Waals surface area contributed by atoms with Crippen molar-refractivity contribution in [1.29, 1.82) is 0 Å². The lowest BCUT2D eigenvalue weighted by Crippen LogP contribution is -2.44. The van der Waals surface area contributed by atoms with Crippen molar-refractivity contribution in [3.63, 3.8) is 0 Å². The molecular weight excluding hydrogens is 761 g/mol. The summed E-state index contributed by atoms with van der Waals surface area (Å²) in [5.74, 6) is 1.57. The van der Waals surface area contributed by atoms with Crippen LogP contribution in [0.2, 0.25) is 0 Å². The molecule has 2 aliphatic carbocycles. The Morgan fingerprint density at radius 2 is 0.900 bits per heavy atom. The van der Waals surface area contributed by atoms with Gasteiger partial charge in [-0.2, -0.15) is 0 Å². The molecule has 4 amide bonds. The number of nitrogens with zero attached hydrogens (tertiary/aromatic N) is 4. The molecular formula is C46H42N8O6. The molecule has 60 heavy (non-hydrogen) atoms. The summed E-state index contributed by atoms with van der Waals surface area (Å²) in [4.78, 5) is 71.4. The molecule has 2 aromatic heterocycles. The monoisotopic (exact) mass is 802 g/mol. The number of rotatable bonds is 11. The normalized spacial score (nSPS) is 23.3. The summed E-state index contributed by atoms with van der Waals surface area (Å²) in [5, 5.41) is 24.0. The molecule has 14 nitrogen and oxygen atoms in total. The average molecular weight is 803 g/mol. The van der Waals surface area contributed by atoms with E-state index in [9.17, 15) is 29.4 Å². The minimum atomic E-state index is -1.25. The molecule has 4 unspecified atom stereocenters. The highest BCUT2D eigenvalue weighted by Crippen LogP contribution is 2.55. The van der Waals surface area contributed by atoms with Gasteiger partial charge in [-0.25, -0.2) is 19.6 Å². The van der Waals surface area contributed by atoms with Gasteiger partial charge < -0.3 is 40.6 Å². The van der Waals surface area contributed by atoms with Gasteiger partial charge in [0.25, 0.3) is 11.8 Å². The first kappa shape index (κ1) is 37.1. The summed E-state index contributed by atoms with van der Waals surface area (Å²) in [6, 6.07) is 31.8. The molecule has 2 aliphatic heterocycles. The molecule has 8 atom stereocenters. The van der Waals surface area contributed by atoms with Gasteiger partial charge in [-0.05, 0) is 70.9 Å². The first-order valence-corrected chi connectivity index (χ1v) is 20.2. The number of benzene rings is 4. The van der Waals surface area contributed by atoms with E-state index >= 15 is 0 Å². The number of fused-ring (bicyclic) bond motifs is 2. The van der Waals surface area contributed by atoms with E-state index in [0.717, 1.165) is 59.3 Å². The van der Waals surface area contributed by atoms with Crippen molar-refractivity contribution in [3.05, 3.63) is 144 Å². The molecule has 2 saturated carbocycles. The third-order valence-electron chi connectivity index (χ3n) is 12.6. The van der Waals surface area contributed by atoms with Gasteiger partial charge in [0, 0.05) is 12.1 Å². The Kier molecular flexibility index (Phi) is 9.18. The highest BCUT2D eigenvalue weighted by Gasteiger charge is 2.57. The fraction of sp³-hybridized carbons (Fsp3) is 0.261. The lowest BCUT2D eigenvalue weighted by Gasteiger charge is -2.30. The van der Waals surface area contributed by atoms with Crippen LogP contribution in [-0.2, 0) is 9.59 Å². The van der Waals surface area contributed by atoms with Crippen LogP contribution in [-0.4, -0.2) is 76.0 Å². The van der Waals surface area contributed by atoms with Gasteiger partial charge >= 0.3 is 12.2 Å². The van der Waals surface area contributed by atoms with Gasteiger partial charge in [-0.15, -0.1) is 0 Å². The third-order valence-corrected chi connectivity index (χ3v) is 12.6. The van der Waals surface area contributed by atoms with E-state index < -0.39 is 24.3 Å². The van der Waals surface area contributed by atoms with Crippen molar-refractivity contribution < 1.29 is 29.4 Å². The smallest absolute Gasteiger partial charge is 0.405 e. The summed E-state index contributed by atoms with van der Waals surface area (Å²) >= 11 is 0. The van der Waals surface area contributed by atoms with Crippen molar-refractivity contribution in [3.8, 4) is 33.6 Å². The quantitative estimate of drug-likeness (QED) is 0.0776. The number of hydrogen-bond donors (Lipinski definition) is 6. The van der Waals surface area contributed by atoms with Gasteiger partial charge in [-0.3, -0.25) is 9.59 Å². The minimum absolute atomic E-state index is 0.0700. The average Bonchev–Trinajstić information content (AvgIpc) is 3.85. The molecule has 4 heterocycles. The van der Waals surface area contributed by atoms with Crippen LogP contribution in [0.4, 0.5) is 9.59 Å². The highest BCUT2D eigenvalue weighted by molar-refractivity contribution is 5.89. The van der Waals surface area contributed by atoms with E-state index in [1.807, 2.05) is 46.2 Å². The van der Waals surface area contributed by atoms with Crippen LogP contribution in [0.5, 0.6) is 0 Å². The summed E-state index contributed by atoms with van der Waals surface area (Å²) in [7, 11) is 0. The van der Waals surface area contributed by atoms with Gasteiger partial charge in [0.1, 0.15) is 23.7 Å². The number of imidazole rings is 2. The number of amides is 4. The zero-order valence-electron chi connectivity index (χ0n) is 32.3. The highest BCUT2D eigenvalue weighted by atomic mass is 16.4. The lowest BCUT2D eigenvalue weighted by atomic mass is 10.0. The van der Waals surface area contributed by atoms with Crippen LogP contribution in [0.1, 0.15) is 72.6 Å². The van der Waals surface area contributed by atoms with E-state index in [1.54, 1.807) is 60.9 Å². The predicted octanol–water partition coefficient (Wildman–Crippen LogP) is 7.48. The van der Waals surface area contributed by atoms with E-state index in [0.29, 0.717) is 34.6 Å². The maximum absolute atomic E-state index is 14.0. The standard InChI is InChI=1S/C46H42N8O6/c55-43(39(51-45(57)58)29-7-3-1-4-8-29)53-35-19-31(35)21-37(53)41-47-23-33(49-41)27-15-11-25(12-16-27)26-13-17-28(18-14-26)34-24-48-42(50-34)38-22-32-20-36(32)54(38)44(56)40(52-46(59)60)30-9-5-2-6-10-30/h1-18,23-24,31-32,35-40,51-52H,19-22H2,(H,47,49)(H,48,50)(H,57,58)(H,59,60)/t31?,32?,35?,36?,37-,38-,39+,40+/m0/s1. The number of aromatic amines is 2. The molecule has 4 fully saturated rings. The van der Waals surface area contributed by atoms with E-state index in [-0.39, 0.29) is 36.0 Å². The lowest BCUT2D eigenvalue weighted by molar-refractivity contribution is -0.136. The van der Waals surface area contributed by atoms with Crippen molar-refractivity contribution in [2.75, 3.05) is 0 Å². The van der Waals surface area contributed by atoms with Crippen molar-refractivity contribution in [2.24, 2.45) is 11.8 Å². The van der Waals surface area contributed by atoms with Crippen LogP contribution < -0.4 is 10.6 Å². The second-order valence-electron chi connectivity index (χ2n) is 16.2. The van der Waals surface area contributed by atoms with Gasteiger partial charge in [-0.1, -0.05) is 109 Å². The molecule has 4 aliphatic rings. The summed E-state index contributed by atoms with van der Waals surface area (Å²) in [6.45, 7) is 0. The molecule has 0 bridgehead atoms. The van der Waals surface area contributed by atoms with E-state index in [2.05, 4.69) is 44.9 Å². The number of piperidine rings is 2. The fourth-order valence-electron chi connectivity index (χ4n) is 9.44. The third kappa shape index (κ3) is 6.93. The molecule has 4 aromatic carbocycles. The number of H-pyrrole nitrogens is 2. The maximum Gasteiger partial charge on any atom is 0.405 e. The second-order valence-corrected chi connectivity index (χ2v) is 16.2. The summed E-state index contributed by atoms with van der Waals surface area (Å²) in [5.41, 5.74) is 6.80. The topological polar surface area (TPSA) is 197 Å². The molecule has 14 heteroatoms. The van der Waals surface area contributed by atoms with Crippen molar-refractivity contribution >= 4 is 24.0 Å². The van der Waals surface area contributed by atoms with Crippen LogP contribution >= 0.6 is 0 Å². The molecule has 10 rings (SSSR count). The van der Waals surface area contributed by atoms with Crippen LogP contribution in [0, 0.1) is 11.8 Å². The SMILES string of the molecule is O=C(O)N[C@@H](C(=O)N1C2CC2C[C@H]1c1ncc(-c2ccc(-c3ccc(-c4cnc([C@@H]5CC6CC6N5C(=O)[C@H](NC(=O)O)c5ccccc5)[nH]4)cc3)cc2)[nH]1)c1ccccc1. The predicted molar refractivity (Wildman–Crippen MR) is 220 cm³/mol. The maximum atomic E-state index is 14.0. The Bertz CT molecular complexity index is 2400. The number of aromatic nitrogens is 4. The van der Waals surface area contributed by atoms with E-state index in [1.165, 1.54) is 0 Å². The summed E-state index contributed by atoms with van der Waals surface area (Å²) in [6.07, 6.45) is 4.42. The second kappa shape index (κ2) is 14.9. The van der Waals surface area contributed by atoms with Gasteiger partial charge in [0.2, 0.25) is 0 Å². The molecule has 6 N–H and O–H groups in total. The van der Waals surface area contributed by atoms with Gasteiger partial charge in [0.05, 0.1) is 35.9 Å². The van der Waals surface area contributed by atoms with Crippen molar-refractivity contribution in [1.82, 2.24) is 40.4 Å². The molecule has 6 aromatic rings. The van der Waals surface area contributed by atoms with Crippen LogP contribution in [0.3, 0.4) is 0 Å². The number of carbonyl (C=O) groups excluding carboxylic acids is 2. The molecule has 2 saturated heterocycles. The molecule has 0 spiro atoms. The molecule has 0 radical (unpaired) electrons. The fourth-order valence-corrected chi connectivity index (χ4v) is 9.44. The Morgan fingerprint density at radius 3 is 1.27 bits per heavy atom. The Balaban J connectivity index is 0.818. The Labute approximate surface area is 344 Å². The minimum Gasteiger partial charge on any atom is -0.465 e. The number of likely N-dealkylation sites (tertiary alicyclic amines) is 2. The first-order valence-electron chi connectivity index (χ1n) is 20.2. The number of hydrogen-bond acceptors (Lipinski definition) is 6. The molecule has 302 valence electrons. The Hall–Kier alpha value is -7.22. The largest absolute Gasteiger partial charge is 0.465 e. The van der Waals surface area contributed by atoms with Crippen LogP contribution in [0.15, 0.2) is 122 Å². The van der Waals surface area contributed by atoms with Gasteiger partial charge in [0.15, 0.2) is 0 Å². The van der Waals surface area contributed by atoms with Crippen LogP contribution in [0.25, 0.3) is 33.6 Å².